The Kier molecular flexibility index (Phi) is 4.97. The summed E-state index contributed by atoms with van der Waals surface area (Å²) in [6, 6.07) is 14.3. The zero-order valence-electron chi connectivity index (χ0n) is 11.7. The van der Waals surface area contributed by atoms with E-state index in [4.69, 9.17) is 10.5 Å². The average molecular weight is 280 g/mol. The van der Waals surface area contributed by atoms with Gasteiger partial charge in [-0.15, -0.1) is 0 Å². The topological polar surface area (TPSA) is 64.3 Å². The van der Waals surface area contributed by atoms with Crippen LogP contribution in [0.3, 0.4) is 0 Å². The normalized spacial score (nSPS) is 9.43. The minimum Gasteiger partial charge on any atom is -0.496 e. The van der Waals surface area contributed by atoms with Crippen molar-refractivity contribution < 1.29 is 9.53 Å². The van der Waals surface area contributed by atoms with Gasteiger partial charge in [0.05, 0.1) is 19.2 Å². The summed E-state index contributed by atoms with van der Waals surface area (Å²) >= 11 is 0. The molecule has 4 heteroatoms. The molecule has 2 aromatic carbocycles. The third kappa shape index (κ3) is 3.85. The molecule has 0 aliphatic carbocycles. The van der Waals surface area contributed by atoms with E-state index >= 15 is 0 Å². The first-order valence-electron chi connectivity index (χ1n) is 6.48. The van der Waals surface area contributed by atoms with Crippen LogP contribution in [0.2, 0.25) is 0 Å². The number of amides is 1. The van der Waals surface area contributed by atoms with Crippen molar-refractivity contribution >= 4 is 11.6 Å². The summed E-state index contributed by atoms with van der Waals surface area (Å²) < 4.78 is 5.18. The molecule has 0 aliphatic heterocycles. The average Bonchev–Trinajstić information content (AvgIpc) is 2.54. The molecule has 2 aromatic rings. The molecule has 106 valence electrons. The molecule has 0 atom stereocenters. The second kappa shape index (κ2) is 7.13. The fraction of sp³-hybridized carbons (Fsp3) is 0.118. The Labute approximate surface area is 123 Å². The lowest BCUT2D eigenvalue weighted by atomic mass is 10.1. The lowest BCUT2D eigenvalue weighted by Gasteiger charge is -2.09. The van der Waals surface area contributed by atoms with Crippen LogP contribution in [-0.4, -0.2) is 19.6 Å². The van der Waals surface area contributed by atoms with E-state index in [0.29, 0.717) is 23.5 Å². The number of nitrogens with one attached hydrogen (secondary N) is 1. The summed E-state index contributed by atoms with van der Waals surface area (Å²) in [5.74, 6) is 6.03. The first-order chi connectivity index (χ1) is 10.2. The van der Waals surface area contributed by atoms with E-state index < -0.39 is 0 Å². The third-order valence-corrected chi connectivity index (χ3v) is 2.83. The van der Waals surface area contributed by atoms with E-state index in [9.17, 15) is 4.79 Å². The molecule has 0 unspecified atom stereocenters. The molecule has 0 heterocycles. The fourth-order valence-corrected chi connectivity index (χ4v) is 1.82. The number of methoxy groups -OCH3 is 1. The maximum Gasteiger partial charge on any atom is 0.259 e. The number of benzene rings is 2. The van der Waals surface area contributed by atoms with Crippen molar-refractivity contribution in [2.24, 2.45) is 5.73 Å². The molecule has 1 amide bonds. The van der Waals surface area contributed by atoms with Crippen LogP contribution in [-0.2, 0) is 0 Å². The van der Waals surface area contributed by atoms with Crippen molar-refractivity contribution in [2.75, 3.05) is 19.0 Å². The van der Waals surface area contributed by atoms with Gasteiger partial charge in [0.1, 0.15) is 5.75 Å². The molecule has 2 rings (SSSR count). The summed E-state index contributed by atoms with van der Waals surface area (Å²) in [4.78, 5) is 12.2. The van der Waals surface area contributed by atoms with Gasteiger partial charge < -0.3 is 15.8 Å². The maximum atomic E-state index is 12.2. The number of hydrogen-bond donors (Lipinski definition) is 2. The second-order valence-electron chi connectivity index (χ2n) is 4.24. The number of nitrogens with two attached hydrogens (primary N) is 1. The van der Waals surface area contributed by atoms with Gasteiger partial charge in [-0.1, -0.05) is 24.0 Å². The van der Waals surface area contributed by atoms with Crippen molar-refractivity contribution in [3.8, 4) is 17.6 Å². The number of para-hydroxylation sites is 1. The number of carbonyl (C=O) groups is 1. The van der Waals surface area contributed by atoms with Crippen molar-refractivity contribution in [3.05, 3.63) is 59.7 Å². The molecule has 21 heavy (non-hydrogen) atoms. The SMILES string of the molecule is COc1ccccc1C(=O)Nc1ccc(C#CCN)cc1. The highest BCUT2D eigenvalue weighted by Gasteiger charge is 2.11. The molecular formula is C17H16N2O2. The Morgan fingerprint density at radius 3 is 2.57 bits per heavy atom. The summed E-state index contributed by atoms with van der Waals surface area (Å²) in [7, 11) is 1.54. The highest BCUT2D eigenvalue weighted by Crippen LogP contribution is 2.19. The van der Waals surface area contributed by atoms with Crippen molar-refractivity contribution in [1.29, 1.82) is 0 Å². The number of ether oxygens (including phenoxy) is 1. The van der Waals surface area contributed by atoms with E-state index in [-0.39, 0.29) is 5.91 Å². The van der Waals surface area contributed by atoms with Crippen LogP contribution in [0.1, 0.15) is 15.9 Å². The Bertz CT molecular complexity index is 682. The Balaban J connectivity index is 2.12. The predicted molar refractivity (Wildman–Crippen MR) is 83.3 cm³/mol. The lowest BCUT2D eigenvalue weighted by molar-refractivity contribution is 0.102. The Hall–Kier alpha value is -2.77. The first-order valence-corrected chi connectivity index (χ1v) is 6.48. The molecule has 0 aromatic heterocycles. The van der Waals surface area contributed by atoms with Crippen LogP contribution in [0, 0.1) is 11.8 Å². The largest absolute Gasteiger partial charge is 0.496 e. The standard InChI is InChI=1S/C17H16N2O2/c1-21-16-7-3-2-6-15(16)17(20)19-14-10-8-13(9-11-14)5-4-12-18/h2-3,6-11H,12,18H2,1H3,(H,19,20). The van der Waals surface area contributed by atoms with Gasteiger partial charge in [0.2, 0.25) is 0 Å². The molecule has 0 fully saturated rings. The Morgan fingerprint density at radius 2 is 1.90 bits per heavy atom. The predicted octanol–water partition coefficient (Wildman–Crippen LogP) is 2.26. The van der Waals surface area contributed by atoms with Crippen LogP contribution < -0.4 is 15.8 Å². The quantitative estimate of drug-likeness (QED) is 0.848. The maximum absolute atomic E-state index is 12.2. The monoisotopic (exact) mass is 280 g/mol. The molecule has 4 nitrogen and oxygen atoms in total. The van der Waals surface area contributed by atoms with Gasteiger partial charge in [-0.25, -0.2) is 0 Å². The second-order valence-corrected chi connectivity index (χ2v) is 4.24. The van der Waals surface area contributed by atoms with E-state index in [1.807, 2.05) is 18.2 Å². The van der Waals surface area contributed by atoms with Crippen LogP contribution in [0.25, 0.3) is 0 Å². The summed E-state index contributed by atoms with van der Waals surface area (Å²) in [5, 5.41) is 2.82. The number of rotatable bonds is 3. The van der Waals surface area contributed by atoms with Gasteiger partial charge in [-0.3, -0.25) is 4.79 Å². The van der Waals surface area contributed by atoms with Gasteiger partial charge in [0.25, 0.3) is 5.91 Å². The minimum absolute atomic E-state index is 0.215. The first kappa shape index (κ1) is 14.6. The van der Waals surface area contributed by atoms with Gasteiger partial charge in [0, 0.05) is 11.3 Å². The number of anilines is 1. The summed E-state index contributed by atoms with van der Waals surface area (Å²) in [6.07, 6.45) is 0. The summed E-state index contributed by atoms with van der Waals surface area (Å²) in [5.41, 5.74) is 7.37. The fourth-order valence-electron chi connectivity index (χ4n) is 1.82. The van der Waals surface area contributed by atoms with E-state index in [0.717, 1.165) is 5.56 Å². The lowest BCUT2D eigenvalue weighted by Crippen LogP contribution is -2.13. The molecule has 0 saturated heterocycles. The molecule has 0 aliphatic rings. The zero-order chi connectivity index (χ0) is 15.1. The highest BCUT2D eigenvalue weighted by molar-refractivity contribution is 6.06. The molecule has 0 bridgehead atoms. The van der Waals surface area contributed by atoms with Crippen molar-refractivity contribution in [2.45, 2.75) is 0 Å². The molecule has 0 radical (unpaired) electrons. The van der Waals surface area contributed by atoms with Gasteiger partial charge >= 0.3 is 0 Å². The highest BCUT2D eigenvalue weighted by atomic mass is 16.5. The van der Waals surface area contributed by atoms with Crippen molar-refractivity contribution in [1.82, 2.24) is 0 Å². The third-order valence-electron chi connectivity index (χ3n) is 2.83. The molecule has 0 saturated carbocycles. The number of hydrogen-bond acceptors (Lipinski definition) is 3. The van der Waals surface area contributed by atoms with Gasteiger partial charge in [0.15, 0.2) is 0 Å². The van der Waals surface area contributed by atoms with Crippen molar-refractivity contribution in [3.63, 3.8) is 0 Å². The minimum atomic E-state index is -0.215. The van der Waals surface area contributed by atoms with Crippen LogP contribution in [0.4, 0.5) is 5.69 Å². The van der Waals surface area contributed by atoms with Crippen LogP contribution in [0.5, 0.6) is 5.75 Å². The number of carbonyl (C=O) groups excluding carboxylic acids is 1. The van der Waals surface area contributed by atoms with Crippen LogP contribution >= 0.6 is 0 Å². The van der Waals surface area contributed by atoms with Gasteiger partial charge in [-0.05, 0) is 36.4 Å². The van der Waals surface area contributed by atoms with Gasteiger partial charge in [-0.2, -0.15) is 0 Å². The summed E-state index contributed by atoms with van der Waals surface area (Å²) in [6.45, 7) is 0.326. The van der Waals surface area contributed by atoms with E-state index in [2.05, 4.69) is 17.2 Å². The van der Waals surface area contributed by atoms with E-state index in [1.165, 1.54) is 7.11 Å². The molecule has 3 N–H and O–H groups in total. The molecule has 0 spiro atoms. The Morgan fingerprint density at radius 1 is 1.19 bits per heavy atom. The smallest absolute Gasteiger partial charge is 0.259 e. The zero-order valence-corrected chi connectivity index (χ0v) is 11.7. The van der Waals surface area contributed by atoms with Crippen LogP contribution in [0.15, 0.2) is 48.5 Å². The van der Waals surface area contributed by atoms with E-state index in [1.54, 1.807) is 30.3 Å². The molecular weight excluding hydrogens is 264 g/mol.